The van der Waals surface area contributed by atoms with Gasteiger partial charge in [-0.3, -0.25) is 0 Å². The number of alkyl halides is 3. The average Bonchev–Trinajstić information content (AvgIpc) is 2.90. The number of nitrogen functional groups attached to an aromatic ring is 1. The molecule has 0 unspecified atom stereocenters. The molecular weight excluding hydrogens is 241 g/mol. The maximum atomic E-state index is 12.7. The van der Waals surface area contributed by atoms with Gasteiger partial charge in [-0.15, -0.1) is 0 Å². The van der Waals surface area contributed by atoms with E-state index in [9.17, 15) is 13.2 Å². The van der Waals surface area contributed by atoms with Crippen molar-refractivity contribution in [3.8, 4) is 0 Å². The van der Waals surface area contributed by atoms with E-state index < -0.39 is 11.7 Å². The van der Waals surface area contributed by atoms with Gasteiger partial charge in [-0.05, 0) is 31.0 Å². The Morgan fingerprint density at radius 2 is 1.94 bits per heavy atom. The van der Waals surface area contributed by atoms with E-state index in [1.54, 1.807) is 0 Å². The largest absolute Gasteiger partial charge is 0.411 e. The molecule has 1 aliphatic carbocycles. The molecule has 1 saturated carbocycles. The second-order valence-corrected chi connectivity index (χ2v) is 4.37. The SMILES string of the molecule is Nc1cc(Cl)ccc1NC1(C(F)(F)F)CC1. The lowest BCUT2D eigenvalue weighted by Crippen LogP contribution is -2.38. The highest BCUT2D eigenvalue weighted by Gasteiger charge is 2.63. The Morgan fingerprint density at radius 3 is 2.38 bits per heavy atom. The van der Waals surface area contributed by atoms with Crippen LogP contribution in [-0.2, 0) is 0 Å². The predicted molar refractivity (Wildman–Crippen MR) is 57.5 cm³/mol. The Bertz CT molecular complexity index is 413. The van der Waals surface area contributed by atoms with Gasteiger partial charge in [0.1, 0.15) is 5.54 Å². The van der Waals surface area contributed by atoms with Crippen molar-refractivity contribution in [1.29, 1.82) is 0 Å². The molecule has 2 nitrogen and oxygen atoms in total. The third kappa shape index (κ3) is 1.91. The molecular formula is C10H10ClF3N2. The summed E-state index contributed by atoms with van der Waals surface area (Å²) in [6.07, 6.45) is -4.09. The smallest absolute Gasteiger partial charge is 0.397 e. The zero-order valence-corrected chi connectivity index (χ0v) is 8.99. The average molecular weight is 251 g/mol. The van der Waals surface area contributed by atoms with Crippen LogP contribution in [0.15, 0.2) is 18.2 Å². The Morgan fingerprint density at radius 1 is 1.31 bits per heavy atom. The molecule has 88 valence electrons. The number of halogens is 4. The van der Waals surface area contributed by atoms with Gasteiger partial charge in [-0.2, -0.15) is 13.2 Å². The summed E-state index contributed by atoms with van der Waals surface area (Å²) >= 11 is 5.66. The number of nitrogens with two attached hydrogens (primary N) is 1. The summed E-state index contributed by atoms with van der Waals surface area (Å²) in [7, 11) is 0. The van der Waals surface area contributed by atoms with Crippen LogP contribution in [0.5, 0.6) is 0 Å². The monoisotopic (exact) mass is 250 g/mol. The van der Waals surface area contributed by atoms with Crippen molar-refractivity contribution in [3.05, 3.63) is 23.2 Å². The Hall–Kier alpha value is -1.10. The van der Waals surface area contributed by atoms with Gasteiger partial charge in [-0.1, -0.05) is 11.6 Å². The molecule has 0 aromatic heterocycles. The molecule has 16 heavy (non-hydrogen) atoms. The molecule has 1 aromatic rings. The zero-order valence-electron chi connectivity index (χ0n) is 8.24. The number of rotatable bonds is 2. The minimum Gasteiger partial charge on any atom is -0.397 e. The van der Waals surface area contributed by atoms with Crippen LogP contribution in [0.1, 0.15) is 12.8 Å². The van der Waals surface area contributed by atoms with Gasteiger partial charge in [0.15, 0.2) is 0 Å². The topological polar surface area (TPSA) is 38.0 Å². The molecule has 1 aromatic carbocycles. The molecule has 0 amide bonds. The Balaban J connectivity index is 2.22. The van der Waals surface area contributed by atoms with E-state index in [2.05, 4.69) is 5.32 Å². The number of hydrogen-bond acceptors (Lipinski definition) is 2. The number of anilines is 2. The third-order valence-corrected chi connectivity index (χ3v) is 2.92. The second-order valence-electron chi connectivity index (χ2n) is 3.94. The van der Waals surface area contributed by atoms with Gasteiger partial charge >= 0.3 is 6.18 Å². The van der Waals surface area contributed by atoms with Crippen molar-refractivity contribution >= 4 is 23.0 Å². The molecule has 0 spiro atoms. The molecule has 1 fully saturated rings. The fraction of sp³-hybridized carbons (Fsp3) is 0.400. The first-order valence-corrected chi connectivity index (χ1v) is 5.12. The molecule has 0 heterocycles. The normalized spacial score (nSPS) is 18.2. The van der Waals surface area contributed by atoms with E-state index >= 15 is 0 Å². The van der Waals surface area contributed by atoms with Crippen LogP contribution in [0.3, 0.4) is 0 Å². The van der Waals surface area contributed by atoms with Crippen molar-refractivity contribution in [2.24, 2.45) is 0 Å². The highest BCUT2D eigenvalue weighted by atomic mass is 35.5. The standard InChI is InChI=1S/C10H10ClF3N2/c11-6-1-2-8(7(15)5-6)16-9(3-4-9)10(12,13)14/h1-2,5,16H,3-4,15H2. The number of benzene rings is 1. The summed E-state index contributed by atoms with van der Waals surface area (Å²) in [6, 6.07) is 4.40. The molecule has 0 radical (unpaired) electrons. The summed E-state index contributed by atoms with van der Waals surface area (Å²) in [6.45, 7) is 0. The second kappa shape index (κ2) is 3.45. The molecule has 6 heteroatoms. The van der Waals surface area contributed by atoms with Gasteiger partial charge < -0.3 is 11.1 Å². The first-order valence-electron chi connectivity index (χ1n) is 4.74. The predicted octanol–water partition coefficient (Wildman–Crippen LogP) is 3.43. The summed E-state index contributed by atoms with van der Waals surface area (Å²) in [5.74, 6) is 0. The number of nitrogens with one attached hydrogen (secondary N) is 1. The summed E-state index contributed by atoms with van der Waals surface area (Å²) in [5.41, 5.74) is 4.29. The summed E-state index contributed by atoms with van der Waals surface area (Å²) in [5, 5.41) is 2.86. The van der Waals surface area contributed by atoms with E-state index in [1.165, 1.54) is 18.2 Å². The number of hydrogen-bond donors (Lipinski definition) is 2. The highest BCUT2D eigenvalue weighted by Crippen LogP contribution is 2.51. The first-order chi connectivity index (χ1) is 7.34. The maximum absolute atomic E-state index is 12.7. The highest BCUT2D eigenvalue weighted by molar-refractivity contribution is 6.31. The molecule has 1 aliphatic rings. The fourth-order valence-corrected chi connectivity index (χ4v) is 1.69. The summed E-state index contributed by atoms with van der Waals surface area (Å²) < 4.78 is 38.0. The van der Waals surface area contributed by atoms with E-state index in [0.29, 0.717) is 5.02 Å². The van der Waals surface area contributed by atoms with Crippen LogP contribution in [0.4, 0.5) is 24.5 Å². The van der Waals surface area contributed by atoms with Crippen LogP contribution >= 0.6 is 11.6 Å². The lowest BCUT2D eigenvalue weighted by Gasteiger charge is -2.22. The van der Waals surface area contributed by atoms with Gasteiger partial charge in [0.25, 0.3) is 0 Å². The van der Waals surface area contributed by atoms with E-state index in [4.69, 9.17) is 17.3 Å². The minimum absolute atomic E-state index is 0.0819. The van der Waals surface area contributed by atoms with Gasteiger partial charge in [0.05, 0.1) is 11.4 Å². The Kier molecular flexibility index (Phi) is 2.45. The van der Waals surface area contributed by atoms with Crippen molar-refractivity contribution < 1.29 is 13.2 Å². The summed E-state index contributed by atoms with van der Waals surface area (Å²) in [4.78, 5) is 0. The molecule has 0 atom stereocenters. The molecule has 0 saturated heterocycles. The minimum atomic E-state index is -4.25. The van der Waals surface area contributed by atoms with Crippen LogP contribution < -0.4 is 11.1 Å². The zero-order chi connectivity index (χ0) is 12.0. The van der Waals surface area contributed by atoms with Crippen molar-refractivity contribution in [1.82, 2.24) is 0 Å². The van der Waals surface area contributed by atoms with E-state index in [1.807, 2.05) is 0 Å². The first kappa shape index (κ1) is 11.4. The van der Waals surface area contributed by atoms with E-state index in [0.717, 1.165) is 0 Å². The maximum Gasteiger partial charge on any atom is 0.411 e. The molecule has 3 N–H and O–H groups in total. The van der Waals surface area contributed by atoms with Crippen LogP contribution in [0, 0.1) is 0 Å². The van der Waals surface area contributed by atoms with Gasteiger partial charge in [-0.25, -0.2) is 0 Å². The van der Waals surface area contributed by atoms with Gasteiger partial charge in [0.2, 0.25) is 0 Å². The van der Waals surface area contributed by atoms with Crippen LogP contribution in [-0.4, -0.2) is 11.7 Å². The van der Waals surface area contributed by atoms with Crippen molar-refractivity contribution in [3.63, 3.8) is 0 Å². The van der Waals surface area contributed by atoms with E-state index in [-0.39, 0.29) is 24.2 Å². The van der Waals surface area contributed by atoms with Crippen LogP contribution in [0.25, 0.3) is 0 Å². The third-order valence-electron chi connectivity index (χ3n) is 2.68. The quantitative estimate of drug-likeness (QED) is 0.789. The lowest BCUT2D eigenvalue weighted by molar-refractivity contribution is -0.151. The van der Waals surface area contributed by atoms with Gasteiger partial charge in [0, 0.05) is 5.02 Å². The molecule has 0 bridgehead atoms. The van der Waals surface area contributed by atoms with Crippen molar-refractivity contribution in [2.75, 3.05) is 11.1 Å². The van der Waals surface area contributed by atoms with Crippen molar-refractivity contribution in [2.45, 2.75) is 24.6 Å². The molecule has 2 rings (SSSR count). The Labute approximate surface area is 95.6 Å². The fourth-order valence-electron chi connectivity index (χ4n) is 1.51. The lowest BCUT2D eigenvalue weighted by atomic mass is 10.2. The molecule has 0 aliphatic heterocycles. The van der Waals surface area contributed by atoms with Crippen LogP contribution in [0.2, 0.25) is 5.02 Å².